The molecule has 2 rings (SSSR count). The quantitative estimate of drug-likeness (QED) is 0.710. The summed E-state index contributed by atoms with van der Waals surface area (Å²) in [5.41, 5.74) is 1.72. The van der Waals surface area contributed by atoms with Gasteiger partial charge in [-0.25, -0.2) is 0 Å². The number of hydrogen-bond donors (Lipinski definition) is 0. The van der Waals surface area contributed by atoms with E-state index in [2.05, 4.69) is 11.7 Å². The molecule has 0 bridgehead atoms. The van der Waals surface area contributed by atoms with Crippen molar-refractivity contribution in [1.29, 1.82) is 0 Å². The van der Waals surface area contributed by atoms with Gasteiger partial charge in [-0.1, -0.05) is 54.9 Å². The lowest BCUT2D eigenvalue weighted by molar-refractivity contribution is -0.133. The first-order valence-electron chi connectivity index (χ1n) is 7.87. The van der Waals surface area contributed by atoms with Gasteiger partial charge >= 0.3 is 0 Å². The molecule has 1 heterocycles. The maximum Gasteiger partial charge on any atom is 0.223 e. The van der Waals surface area contributed by atoms with Crippen LogP contribution >= 0.6 is 11.6 Å². The molecular weight excluding hydrogens is 312 g/mol. The summed E-state index contributed by atoms with van der Waals surface area (Å²) < 4.78 is 0. The highest BCUT2D eigenvalue weighted by atomic mass is 35.5. The predicted octanol–water partition coefficient (Wildman–Crippen LogP) is 3.89. The summed E-state index contributed by atoms with van der Waals surface area (Å²) in [4.78, 5) is 19.6. The Morgan fingerprint density at radius 2 is 2.26 bits per heavy atom. The first-order valence-corrected chi connectivity index (χ1v) is 8.25. The molecule has 1 aliphatic rings. The lowest BCUT2D eigenvalue weighted by atomic mass is 10.0. The van der Waals surface area contributed by atoms with Crippen LogP contribution in [0.4, 0.5) is 0 Å². The van der Waals surface area contributed by atoms with Crippen molar-refractivity contribution in [2.45, 2.75) is 32.8 Å². The van der Waals surface area contributed by atoms with E-state index in [1.165, 1.54) is 0 Å². The maximum absolute atomic E-state index is 12.3. The lowest BCUT2D eigenvalue weighted by Crippen LogP contribution is -2.38. The van der Waals surface area contributed by atoms with Crippen LogP contribution in [0.1, 0.15) is 32.3 Å². The number of carbonyl (C=O) groups is 1. The topological polar surface area (TPSA) is 41.9 Å². The molecule has 1 aromatic carbocycles. The molecule has 0 N–H and O–H groups in total. The average Bonchev–Trinajstić information content (AvgIpc) is 2.95. The fraction of sp³-hybridized carbons (Fsp3) is 0.444. The fourth-order valence-corrected chi connectivity index (χ4v) is 2.78. The number of oxime groups is 1. The van der Waals surface area contributed by atoms with Crippen molar-refractivity contribution in [3.8, 4) is 0 Å². The van der Waals surface area contributed by atoms with Gasteiger partial charge in [0.05, 0.1) is 12.3 Å². The lowest BCUT2D eigenvalue weighted by Gasteiger charge is -2.24. The Labute approximate surface area is 142 Å². The van der Waals surface area contributed by atoms with Crippen molar-refractivity contribution >= 4 is 23.2 Å². The van der Waals surface area contributed by atoms with Crippen LogP contribution in [0, 0.1) is 5.92 Å². The summed E-state index contributed by atoms with van der Waals surface area (Å²) in [7, 11) is 0. The molecule has 124 valence electrons. The van der Waals surface area contributed by atoms with Gasteiger partial charge in [-0.3, -0.25) is 4.79 Å². The molecule has 0 radical (unpaired) electrons. The summed E-state index contributed by atoms with van der Waals surface area (Å²) in [5.74, 6) is 0.448. The number of carbonyl (C=O) groups excluding carboxylic acids is 1. The van der Waals surface area contributed by atoms with Gasteiger partial charge in [-0.05, 0) is 12.0 Å². The Morgan fingerprint density at radius 1 is 1.52 bits per heavy atom. The minimum Gasteiger partial charge on any atom is -0.390 e. The number of halogens is 1. The molecule has 23 heavy (non-hydrogen) atoms. The van der Waals surface area contributed by atoms with Crippen LogP contribution in [0.2, 0.25) is 5.02 Å². The van der Waals surface area contributed by atoms with Crippen LogP contribution in [0.25, 0.3) is 0 Å². The zero-order valence-electron chi connectivity index (χ0n) is 13.7. The Balaban J connectivity index is 1.97. The molecule has 0 saturated heterocycles. The highest BCUT2D eigenvalue weighted by Crippen LogP contribution is 2.23. The third-order valence-corrected chi connectivity index (χ3v) is 3.96. The van der Waals surface area contributed by atoms with E-state index in [0.29, 0.717) is 36.9 Å². The van der Waals surface area contributed by atoms with Crippen molar-refractivity contribution in [3.05, 3.63) is 47.5 Å². The third-order valence-electron chi connectivity index (χ3n) is 3.63. The van der Waals surface area contributed by atoms with Gasteiger partial charge in [0.25, 0.3) is 0 Å². The normalized spacial score (nSPS) is 16.9. The number of rotatable bonds is 7. The fourth-order valence-electron chi connectivity index (χ4n) is 2.54. The Morgan fingerprint density at radius 3 is 2.91 bits per heavy atom. The Kier molecular flexibility index (Phi) is 6.22. The van der Waals surface area contributed by atoms with Gasteiger partial charge in [-0.15, -0.1) is 6.58 Å². The molecule has 4 nitrogen and oxygen atoms in total. The summed E-state index contributed by atoms with van der Waals surface area (Å²) in [6.45, 7) is 8.83. The van der Waals surface area contributed by atoms with Crippen molar-refractivity contribution in [2.24, 2.45) is 11.1 Å². The molecule has 0 saturated carbocycles. The van der Waals surface area contributed by atoms with Crippen molar-refractivity contribution < 1.29 is 9.63 Å². The molecule has 0 fully saturated rings. The van der Waals surface area contributed by atoms with Crippen LogP contribution in [-0.2, 0) is 9.63 Å². The van der Waals surface area contributed by atoms with E-state index in [1.54, 1.807) is 11.0 Å². The van der Waals surface area contributed by atoms with Crippen molar-refractivity contribution in [3.63, 3.8) is 0 Å². The van der Waals surface area contributed by atoms with Gasteiger partial charge in [0.2, 0.25) is 5.91 Å². The molecule has 0 unspecified atom stereocenters. The molecule has 1 aliphatic heterocycles. The second kappa shape index (κ2) is 8.16. The summed E-state index contributed by atoms with van der Waals surface area (Å²) >= 11 is 6.20. The maximum atomic E-state index is 12.3. The SMILES string of the molecule is C=CCN(C[C@@H]1CC(c2ccccc2Cl)=NO1)C(=O)CC(C)C. The van der Waals surface area contributed by atoms with Crippen LogP contribution in [0.15, 0.2) is 42.1 Å². The molecule has 1 atom stereocenters. The van der Waals surface area contributed by atoms with E-state index in [4.69, 9.17) is 16.4 Å². The molecular formula is C18H23ClN2O2. The van der Waals surface area contributed by atoms with Gasteiger partial charge in [-0.2, -0.15) is 0 Å². The molecule has 0 aliphatic carbocycles. The number of hydrogen-bond acceptors (Lipinski definition) is 3. The second-order valence-electron chi connectivity index (χ2n) is 6.13. The smallest absolute Gasteiger partial charge is 0.223 e. The highest BCUT2D eigenvalue weighted by Gasteiger charge is 2.27. The third kappa shape index (κ3) is 4.83. The minimum atomic E-state index is -0.141. The van der Waals surface area contributed by atoms with Gasteiger partial charge in [0, 0.05) is 30.0 Å². The van der Waals surface area contributed by atoms with E-state index < -0.39 is 0 Å². The average molecular weight is 335 g/mol. The number of amides is 1. The van der Waals surface area contributed by atoms with Crippen molar-refractivity contribution in [1.82, 2.24) is 4.90 Å². The largest absolute Gasteiger partial charge is 0.390 e. The van der Waals surface area contributed by atoms with Crippen LogP contribution < -0.4 is 0 Å². The zero-order chi connectivity index (χ0) is 16.8. The minimum absolute atomic E-state index is 0.120. The molecule has 5 heteroatoms. The molecule has 0 aromatic heterocycles. The summed E-state index contributed by atoms with van der Waals surface area (Å²) in [6.07, 6.45) is 2.77. The monoisotopic (exact) mass is 334 g/mol. The predicted molar refractivity (Wildman–Crippen MR) is 93.7 cm³/mol. The molecule has 1 amide bonds. The highest BCUT2D eigenvalue weighted by molar-refractivity contribution is 6.34. The second-order valence-corrected chi connectivity index (χ2v) is 6.54. The van der Waals surface area contributed by atoms with Crippen LogP contribution in [0.5, 0.6) is 0 Å². The van der Waals surface area contributed by atoms with Gasteiger partial charge in [0.15, 0.2) is 6.10 Å². The summed E-state index contributed by atoms with van der Waals surface area (Å²) in [6, 6.07) is 7.57. The van der Waals surface area contributed by atoms with Gasteiger partial charge < -0.3 is 9.74 Å². The van der Waals surface area contributed by atoms with E-state index >= 15 is 0 Å². The van der Waals surface area contributed by atoms with Crippen LogP contribution in [0.3, 0.4) is 0 Å². The summed E-state index contributed by atoms with van der Waals surface area (Å²) in [5, 5.41) is 4.81. The van der Waals surface area contributed by atoms with Gasteiger partial charge in [0.1, 0.15) is 0 Å². The number of nitrogens with zero attached hydrogens (tertiary/aromatic N) is 2. The first kappa shape index (κ1) is 17.5. The van der Waals surface area contributed by atoms with Crippen molar-refractivity contribution in [2.75, 3.05) is 13.1 Å². The van der Waals surface area contributed by atoms with E-state index in [9.17, 15) is 4.79 Å². The van der Waals surface area contributed by atoms with Crippen LogP contribution in [-0.4, -0.2) is 35.7 Å². The first-order chi connectivity index (χ1) is 11.0. The standard InChI is InChI=1S/C18H23ClN2O2/c1-4-9-21(18(22)10-13(2)3)12-14-11-17(20-23-14)15-7-5-6-8-16(15)19/h4-8,13-14H,1,9-12H2,2-3H3/t14-/m0/s1. The zero-order valence-corrected chi connectivity index (χ0v) is 14.4. The van der Waals surface area contributed by atoms with E-state index in [1.807, 2.05) is 38.1 Å². The Hall–Kier alpha value is -1.81. The number of benzene rings is 1. The van der Waals surface area contributed by atoms with E-state index in [0.717, 1.165) is 11.3 Å². The van der Waals surface area contributed by atoms with E-state index in [-0.39, 0.29) is 12.0 Å². The molecule has 1 aromatic rings. The molecule has 0 spiro atoms. The Bertz CT molecular complexity index is 598.